The maximum Gasteiger partial charge on any atom is 0.423 e. The first-order valence-electron chi connectivity index (χ1n) is 6.83. The number of methoxy groups -OCH3 is 1. The van der Waals surface area contributed by atoms with Gasteiger partial charge in [-0.3, -0.25) is 0 Å². The van der Waals surface area contributed by atoms with E-state index in [2.05, 4.69) is 4.99 Å². The molecule has 0 aliphatic carbocycles. The highest BCUT2D eigenvalue weighted by atomic mass is 32.3. The van der Waals surface area contributed by atoms with Gasteiger partial charge in [-0.15, -0.1) is 4.28 Å². The lowest BCUT2D eigenvalue weighted by atomic mass is 9.96. The number of ether oxygens (including phenoxy) is 2. The summed E-state index contributed by atoms with van der Waals surface area (Å²) >= 11 is 0. The second kappa shape index (κ2) is 4.92. The van der Waals surface area contributed by atoms with Crippen molar-refractivity contribution in [3.8, 4) is 5.75 Å². The first-order valence-corrected chi connectivity index (χ1v) is 8.16. The summed E-state index contributed by atoms with van der Waals surface area (Å²) in [6.45, 7) is 0.719. The van der Waals surface area contributed by atoms with Crippen molar-refractivity contribution in [2.45, 2.75) is 18.8 Å². The van der Waals surface area contributed by atoms with Gasteiger partial charge < -0.3 is 9.47 Å². The predicted molar refractivity (Wildman–Crippen MR) is 74.4 cm³/mol. The molecule has 3 aliphatic rings. The third-order valence-electron chi connectivity index (χ3n) is 3.81. The van der Waals surface area contributed by atoms with Gasteiger partial charge in [0.05, 0.1) is 20.3 Å². The lowest BCUT2D eigenvalue weighted by Gasteiger charge is -2.30. The van der Waals surface area contributed by atoms with Crippen molar-refractivity contribution >= 4 is 16.2 Å². The maximum absolute atomic E-state index is 11.5. The van der Waals surface area contributed by atoms with Crippen molar-refractivity contribution in [1.82, 2.24) is 5.06 Å². The standard InChI is InChI=1S/C13H14N2O6S/c1-18-10-4-2-3-9-8(10)5-6-19-12(9)13-14-11-7-15(13)21-22(16,17)20-11/h2-4,11-12H,5-7H2,1H3. The van der Waals surface area contributed by atoms with Crippen LogP contribution in [0.2, 0.25) is 0 Å². The molecule has 2 atom stereocenters. The molecule has 0 aromatic heterocycles. The van der Waals surface area contributed by atoms with E-state index in [-0.39, 0.29) is 6.54 Å². The molecular formula is C13H14N2O6S. The minimum absolute atomic E-state index is 0.230. The summed E-state index contributed by atoms with van der Waals surface area (Å²) in [7, 11) is -2.43. The van der Waals surface area contributed by atoms with Crippen molar-refractivity contribution in [3.63, 3.8) is 0 Å². The van der Waals surface area contributed by atoms with E-state index in [1.54, 1.807) is 7.11 Å². The van der Waals surface area contributed by atoms with Gasteiger partial charge in [0.15, 0.2) is 12.1 Å². The molecule has 1 saturated heterocycles. The maximum atomic E-state index is 11.5. The monoisotopic (exact) mass is 326 g/mol. The van der Waals surface area contributed by atoms with E-state index in [4.69, 9.17) is 17.9 Å². The molecule has 0 amide bonds. The Morgan fingerprint density at radius 2 is 2.27 bits per heavy atom. The summed E-state index contributed by atoms with van der Waals surface area (Å²) in [5.74, 6) is 1.19. The molecule has 0 N–H and O–H groups in total. The third kappa shape index (κ3) is 2.17. The molecule has 2 unspecified atom stereocenters. The van der Waals surface area contributed by atoms with Crippen molar-refractivity contribution in [2.24, 2.45) is 4.99 Å². The summed E-state index contributed by atoms with van der Waals surface area (Å²) in [5, 5.41) is 1.22. The first-order chi connectivity index (χ1) is 10.6. The molecule has 3 heterocycles. The van der Waals surface area contributed by atoms with Crippen LogP contribution in [0.4, 0.5) is 0 Å². The molecular weight excluding hydrogens is 312 g/mol. The van der Waals surface area contributed by atoms with Crippen LogP contribution < -0.4 is 4.74 Å². The van der Waals surface area contributed by atoms with Crippen LogP contribution in [0.15, 0.2) is 23.2 Å². The van der Waals surface area contributed by atoms with E-state index in [0.717, 1.165) is 23.3 Å². The zero-order valence-corrected chi connectivity index (χ0v) is 12.6. The smallest absolute Gasteiger partial charge is 0.423 e. The number of nitrogens with zero attached hydrogens (tertiary/aromatic N) is 2. The van der Waals surface area contributed by atoms with Gasteiger partial charge in [0.25, 0.3) is 0 Å². The van der Waals surface area contributed by atoms with Crippen molar-refractivity contribution in [1.29, 1.82) is 0 Å². The van der Waals surface area contributed by atoms with Crippen LogP contribution in [-0.2, 0) is 30.0 Å². The number of fused-ring (bicyclic) bond motifs is 3. The Kier molecular flexibility index (Phi) is 3.12. The normalized spacial score (nSPS) is 29.0. The predicted octanol–water partition coefficient (Wildman–Crippen LogP) is 0.556. The quantitative estimate of drug-likeness (QED) is 0.784. The highest BCUT2D eigenvalue weighted by molar-refractivity contribution is 7.81. The number of benzene rings is 1. The molecule has 22 heavy (non-hydrogen) atoms. The van der Waals surface area contributed by atoms with Crippen LogP contribution in [0, 0.1) is 0 Å². The average Bonchev–Trinajstić information content (AvgIpc) is 2.80. The lowest BCUT2D eigenvalue weighted by Crippen LogP contribution is -2.41. The molecule has 1 fully saturated rings. The van der Waals surface area contributed by atoms with Gasteiger partial charge in [-0.25, -0.2) is 14.2 Å². The molecule has 2 bridgehead atoms. The van der Waals surface area contributed by atoms with Crippen LogP contribution in [0.3, 0.4) is 0 Å². The molecule has 0 radical (unpaired) electrons. The fourth-order valence-electron chi connectivity index (χ4n) is 2.94. The molecule has 1 aromatic carbocycles. The molecule has 0 spiro atoms. The summed E-state index contributed by atoms with van der Waals surface area (Å²) in [5.41, 5.74) is 1.94. The summed E-state index contributed by atoms with van der Waals surface area (Å²) < 4.78 is 43.7. The summed E-state index contributed by atoms with van der Waals surface area (Å²) in [6, 6.07) is 5.67. The van der Waals surface area contributed by atoms with Gasteiger partial charge in [-0.05, 0) is 18.1 Å². The summed E-state index contributed by atoms with van der Waals surface area (Å²) in [6.07, 6.45) is -0.559. The van der Waals surface area contributed by atoms with Crippen LogP contribution in [0.1, 0.15) is 17.2 Å². The molecule has 8 nitrogen and oxygen atoms in total. The minimum atomic E-state index is -4.05. The largest absolute Gasteiger partial charge is 0.496 e. The number of hydrogen-bond donors (Lipinski definition) is 0. The fourth-order valence-corrected chi connectivity index (χ4v) is 3.71. The zero-order valence-electron chi connectivity index (χ0n) is 11.8. The topological polar surface area (TPSA) is 86.7 Å². The Balaban J connectivity index is 1.73. The molecule has 9 heteroatoms. The highest BCUT2D eigenvalue weighted by Crippen LogP contribution is 2.37. The highest BCUT2D eigenvalue weighted by Gasteiger charge is 2.44. The lowest BCUT2D eigenvalue weighted by molar-refractivity contribution is -0.0521. The fraction of sp³-hybridized carbons (Fsp3) is 0.462. The second-order valence-corrected chi connectivity index (χ2v) is 6.27. The Morgan fingerprint density at radius 3 is 3.09 bits per heavy atom. The third-order valence-corrected chi connectivity index (χ3v) is 4.63. The molecule has 0 saturated carbocycles. The Labute approximate surface area is 127 Å². The molecule has 1 aromatic rings. The Morgan fingerprint density at radius 1 is 1.41 bits per heavy atom. The van der Waals surface area contributed by atoms with E-state index in [1.807, 2.05) is 18.2 Å². The van der Waals surface area contributed by atoms with Gasteiger partial charge in [0.1, 0.15) is 11.9 Å². The van der Waals surface area contributed by atoms with Crippen molar-refractivity contribution in [3.05, 3.63) is 29.3 Å². The Bertz CT molecular complexity index is 747. The zero-order chi connectivity index (χ0) is 15.3. The van der Waals surface area contributed by atoms with Crippen LogP contribution >= 0.6 is 0 Å². The Hall–Kier alpha value is -1.68. The number of amidine groups is 1. The van der Waals surface area contributed by atoms with Crippen LogP contribution in [0.5, 0.6) is 5.75 Å². The molecule has 3 aliphatic heterocycles. The van der Waals surface area contributed by atoms with Crippen LogP contribution in [0.25, 0.3) is 0 Å². The average molecular weight is 326 g/mol. The van der Waals surface area contributed by atoms with Gasteiger partial charge >= 0.3 is 10.4 Å². The van der Waals surface area contributed by atoms with Gasteiger partial charge in [-0.1, -0.05) is 12.1 Å². The second-order valence-electron chi connectivity index (χ2n) is 5.11. The number of rotatable bonds is 2. The SMILES string of the molecule is COc1cccc2c1CCOC2C1=NC2CN1OS(=O)(=O)O2. The number of hydroxylamine groups is 2. The van der Waals surface area contributed by atoms with E-state index >= 15 is 0 Å². The first kappa shape index (κ1) is 13.9. The van der Waals surface area contributed by atoms with Gasteiger partial charge in [0.2, 0.25) is 0 Å². The minimum Gasteiger partial charge on any atom is -0.496 e. The van der Waals surface area contributed by atoms with Crippen molar-refractivity contribution in [2.75, 3.05) is 20.3 Å². The summed E-state index contributed by atoms with van der Waals surface area (Å²) in [4.78, 5) is 4.27. The number of aliphatic imine (C=N–C) groups is 1. The van der Waals surface area contributed by atoms with Gasteiger partial charge in [0, 0.05) is 5.56 Å². The van der Waals surface area contributed by atoms with E-state index in [0.29, 0.717) is 12.4 Å². The number of hydrogen-bond acceptors (Lipinski definition) is 8. The van der Waals surface area contributed by atoms with E-state index in [1.165, 1.54) is 5.06 Å². The molecule has 118 valence electrons. The van der Waals surface area contributed by atoms with Crippen molar-refractivity contribution < 1.29 is 26.4 Å². The van der Waals surface area contributed by atoms with Gasteiger partial charge in [-0.2, -0.15) is 8.42 Å². The van der Waals surface area contributed by atoms with Crippen LogP contribution in [-0.4, -0.2) is 45.8 Å². The van der Waals surface area contributed by atoms with E-state index in [9.17, 15) is 8.42 Å². The van der Waals surface area contributed by atoms with E-state index < -0.39 is 22.7 Å². The molecule has 4 rings (SSSR count).